The molecule has 0 fully saturated rings. The molecule has 0 saturated heterocycles. The number of carbonyl (C=O) groups excluding carboxylic acids is 1. The summed E-state index contributed by atoms with van der Waals surface area (Å²) >= 11 is 9.24. The van der Waals surface area contributed by atoms with Crippen LogP contribution in [0.15, 0.2) is 35.2 Å². The van der Waals surface area contributed by atoms with Crippen LogP contribution in [0.2, 0.25) is 5.02 Å². The van der Waals surface area contributed by atoms with Gasteiger partial charge in [-0.3, -0.25) is 9.78 Å². The zero-order chi connectivity index (χ0) is 13.1. The number of amides is 1. The van der Waals surface area contributed by atoms with Gasteiger partial charge in [0.05, 0.1) is 10.6 Å². The Kier molecular flexibility index (Phi) is 3.93. The Bertz CT molecular complexity index is 604. The molecule has 0 aliphatic carbocycles. The van der Waals surface area contributed by atoms with E-state index < -0.39 is 0 Å². The lowest BCUT2D eigenvalue weighted by atomic mass is 10.2. The predicted octanol–water partition coefficient (Wildman–Crippen LogP) is 3.45. The highest BCUT2D eigenvalue weighted by Gasteiger charge is 2.11. The summed E-state index contributed by atoms with van der Waals surface area (Å²) in [5, 5.41) is 2.99. The van der Waals surface area contributed by atoms with Crippen LogP contribution in [0, 0.1) is 6.92 Å². The molecule has 2 aromatic heterocycles. The van der Waals surface area contributed by atoms with E-state index in [1.165, 1.54) is 12.4 Å². The molecule has 18 heavy (non-hydrogen) atoms. The Balaban J connectivity index is 2.22. The molecule has 1 amide bonds. The third-order valence-electron chi connectivity index (χ3n) is 2.31. The van der Waals surface area contributed by atoms with E-state index >= 15 is 0 Å². The van der Waals surface area contributed by atoms with Crippen LogP contribution < -0.4 is 5.32 Å². The average molecular weight is 327 g/mol. The van der Waals surface area contributed by atoms with Crippen molar-refractivity contribution in [3.05, 3.63) is 51.3 Å². The monoisotopic (exact) mass is 325 g/mol. The molecule has 92 valence electrons. The van der Waals surface area contributed by atoms with E-state index in [0.29, 0.717) is 16.4 Å². The van der Waals surface area contributed by atoms with E-state index in [1.54, 1.807) is 18.3 Å². The fraction of sp³-hybridized carbons (Fsp3) is 0.0833. The lowest BCUT2D eigenvalue weighted by Gasteiger charge is -2.06. The number of nitrogens with one attached hydrogen (secondary N) is 1. The maximum absolute atomic E-state index is 12.0. The minimum atomic E-state index is -0.309. The smallest absolute Gasteiger partial charge is 0.258 e. The maximum Gasteiger partial charge on any atom is 0.258 e. The molecule has 0 aliphatic heterocycles. The minimum Gasteiger partial charge on any atom is -0.307 e. The van der Waals surface area contributed by atoms with E-state index in [9.17, 15) is 4.79 Å². The molecule has 2 heterocycles. The topological polar surface area (TPSA) is 54.9 Å². The summed E-state index contributed by atoms with van der Waals surface area (Å²) in [4.78, 5) is 19.9. The normalized spacial score (nSPS) is 10.2. The molecular weight excluding hydrogens is 318 g/mol. The molecule has 0 aromatic carbocycles. The van der Waals surface area contributed by atoms with Gasteiger partial charge in [0.25, 0.3) is 5.91 Å². The molecular formula is C12H9BrClN3O. The highest BCUT2D eigenvalue weighted by atomic mass is 79.9. The van der Waals surface area contributed by atoms with Crippen LogP contribution >= 0.6 is 27.5 Å². The van der Waals surface area contributed by atoms with Crippen molar-refractivity contribution in [2.75, 3.05) is 5.32 Å². The first-order chi connectivity index (χ1) is 8.58. The third kappa shape index (κ3) is 2.86. The van der Waals surface area contributed by atoms with Crippen LogP contribution in [0.3, 0.4) is 0 Å². The van der Waals surface area contributed by atoms with Crippen LogP contribution in [0.1, 0.15) is 15.9 Å². The number of nitrogens with zero attached hydrogens (tertiary/aromatic N) is 2. The van der Waals surface area contributed by atoms with Crippen molar-refractivity contribution in [3.63, 3.8) is 0 Å². The number of carbonyl (C=O) groups is 1. The Morgan fingerprint density at radius 3 is 2.89 bits per heavy atom. The second-order valence-electron chi connectivity index (χ2n) is 3.63. The number of rotatable bonds is 2. The zero-order valence-corrected chi connectivity index (χ0v) is 11.8. The molecule has 2 aromatic rings. The molecule has 2 rings (SSSR count). The summed E-state index contributed by atoms with van der Waals surface area (Å²) < 4.78 is 0.891. The Hall–Kier alpha value is -1.46. The predicted molar refractivity (Wildman–Crippen MR) is 73.9 cm³/mol. The lowest BCUT2D eigenvalue weighted by molar-refractivity contribution is 0.102. The van der Waals surface area contributed by atoms with Gasteiger partial charge in [0.15, 0.2) is 0 Å². The number of hydrogen-bond donors (Lipinski definition) is 1. The Morgan fingerprint density at radius 2 is 2.22 bits per heavy atom. The number of pyridine rings is 2. The first-order valence-corrected chi connectivity index (χ1v) is 6.28. The van der Waals surface area contributed by atoms with E-state index in [1.807, 2.05) is 6.92 Å². The van der Waals surface area contributed by atoms with Crippen LogP contribution in [0.25, 0.3) is 0 Å². The van der Waals surface area contributed by atoms with E-state index in [2.05, 4.69) is 31.2 Å². The van der Waals surface area contributed by atoms with Gasteiger partial charge in [-0.05, 0) is 40.5 Å². The SMILES string of the molecule is Cc1cc(NC(=O)c2ccncc2Cl)ncc1Br. The molecule has 0 radical (unpaired) electrons. The third-order valence-corrected chi connectivity index (χ3v) is 3.44. The van der Waals surface area contributed by atoms with Crippen LogP contribution in [0.4, 0.5) is 5.82 Å². The number of aryl methyl sites for hydroxylation is 1. The van der Waals surface area contributed by atoms with E-state index in [0.717, 1.165) is 10.0 Å². The molecule has 0 aliphatic rings. The largest absolute Gasteiger partial charge is 0.307 e. The molecule has 6 heteroatoms. The molecule has 0 unspecified atom stereocenters. The van der Waals surface area contributed by atoms with Crippen LogP contribution in [0.5, 0.6) is 0 Å². The molecule has 0 bridgehead atoms. The van der Waals surface area contributed by atoms with Gasteiger partial charge < -0.3 is 5.32 Å². The molecule has 0 spiro atoms. The number of hydrogen-bond acceptors (Lipinski definition) is 3. The van der Waals surface area contributed by atoms with Crippen molar-refractivity contribution in [1.82, 2.24) is 9.97 Å². The maximum atomic E-state index is 12.0. The van der Waals surface area contributed by atoms with Crippen molar-refractivity contribution < 1.29 is 4.79 Å². The zero-order valence-electron chi connectivity index (χ0n) is 9.45. The van der Waals surface area contributed by atoms with Gasteiger partial charge in [0.1, 0.15) is 5.82 Å². The Labute approximate surface area is 118 Å². The second-order valence-corrected chi connectivity index (χ2v) is 4.89. The van der Waals surface area contributed by atoms with Crippen molar-refractivity contribution >= 4 is 39.3 Å². The fourth-order valence-corrected chi connectivity index (χ4v) is 1.77. The van der Waals surface area contributed by atoms with Gasteiger partial charge in [-0.2, -0.15) is 0 Å². The van der Waals surface area contributed by atoms with Gasteiger partial charge in [-0.1, -0.05) is 11.6 Å². The van der Waals surface area contributed by atoms with Gasteiger partial charge in [0.2, 0.25) is 0 Å². The molecule has 0 atom stereocenters. The summed E-state index contributed by atoms with van der Waals surface area (Å²) in [6, 6.07) is 3.33. The second kappa shape index (κ2) is 5.46. The van der Waals surface area contributed by atoms with E-state index in [-0.39, 0.29) is 5.91 Å². The first-order valence-electron chi connectivity index (χ1n) is 5.11. The van der Waals surface area contributed by atoms with Crippen LogP contribution in [-0.2, 0) is 0 Å². The van der Waals surface area contributed by atoms with E-state index in [4.69, 9.17) is 11.6 Å². The number of anilines is 1. The highest BCUT2D eigenvalue weighted by molar-refractivity contribution is 9.10. The van der Waals surface area contributed by atoms with Gasteiger partial charge >= 0.3 is 0 Å². The summed E-state index contributed by atoms with van der Waals surface area (Å²) in [7, 11) is 0. The first kappa shape index (κ1) is 13.0. The van der Waals surface area contributed by atoms with Crippen molar-refractivity contribution in [2.45, 2.75) is 6.92 Å². The van der Waals surface area contributed by atoms with Gasteiger partial charge in [-0.15, -0.1) is 0 Å². The summed E-state index contributed by atoms with van der Waals surface area (Å²) in [5.41, 5.74) is 1.36. The highest BCUT2D eigenvalue weighted by Crippen LogP contribution is 2.19. The molecule has 0 saturated carbocycles. The summed E-state index contributed by atoms with van der Waals surface area (Å²) in [5.74, 6) is 0.171. The summed E-state index contributed by atoms with van der Waals surface area (Å²) in [6.45, 7) is 1.92. The van der Waals surface area contributed by atoms with Crippen molar-refractivity contribution in [1.29, 1.82) is 0 Å². The summed E-state index contributed by atoms with van der Waals surface area (Å²) in [6.07, 6.45) is 4.58. The van der Waals surface area contributed by atoms with Crippen LogP contribution in [-0.4, -0.2) is 15.9 Å². The van der Waals surface area contributed by atoms with Crippen molar-refractivity contribution in [2.24, 2.45) is 0 Å². The Morgan fingerprint density at radius 1 is 1.44 bits per heavy atom. The molecule has 1 N–H and O–H groups in total. The standard InChI is InChI=1S/C12H9BrClN3O/c1-7-4-11(16-5-9(7)13)17-12(18)8-2-3-15-6-10(8)14/h2-6H,1H3,(H,16,17,18). The average Bonchev–Trinajstić information content (AvgIpc) is 2.34. The van der Waals surface area contributed by atoms with Gasteiger partial charge in [-0.25, -0.2) is 4.98 Å². The quantitative estimate of drug-likeness (QED) is 0.919. The number of aromatic nitrogens is 2. The minimum absolute atomic E-state index is 0.309. The number of halogens is 2. The van der Waals surface area contributed by atoms with Gasteiger partial charge in [0, 0.05) is 23.1 Å². The fourth-order valence-electron chi connectivity index (χ4n) is 1.35. The van der Waals surface area contributed by atoms with Crippen molar-refractivity contribution in [3.8, 4) is 0 Å². The lowest BCUT2D eigenvalue weighted by Crippen LogP contribution is -2.13. The molecule has 4 nitrogen and oxygen atoms in total.